The maximum Gasteiger partial charge on any atom is 0.312 e. The normalized spacial score (nSPS) is 38.5. The Labute approximate surface area is 71.4 Å². The number of primary amides is 1. The topological polar surface area (TPSA) is 64.4 Å². The summed E-state index contributed by atoms with van der Waals surface area (Å²) in [6.07, 6.45) is 4.26. The molecule has 0 radical (unpaired) electrons. The number of rotatable bonds is 2. The van der Waals surface area contributed by atoms with Crippen molar-refractivity contribution in [1.82, 2.24) is 5.32 Å². The molecular weight excluding hydrogens is 156 g/mol. The van der Waals surface area contributed by atoms with Crippen molar-refractivity contribution in [3.05, 3.63) is 0 Å². The average molecular weight is 170 g/mol. The number of ether oxygens (including phenoxy) is 1. The molecule has 2 aliphatic rings. The van der Waals surface area contributed by atoms with Crippen LogP contribution in [0.2, 0.25) is 0 Å². The zero-order valence-electron chi connectivity index (χ0n) is 6.95. The van der Waals surface area contributed by atoms with Crippen molar-refractivity contribution < 1.29 is 9.53 Å². The van der Waals surface area contributed by atoms with Crippen LogP contribution >= 0.6 is 0 Å². The first-order valence-electron chi connectivity index (χ1n) is 4.44. The van der Waals surface area contributed by atoms with Crippen molar-refractivity contribution in [3.8, 4) is 0 Å². The molecule has 2 fully saturated rings. The molecule has 0 aliphatic carbocycles. The minimum atomic E-state index is -0.433. The molecule has 0 saturated carbocycles. The molecule has 2 heterocycles. The van der Waals surface area contributed by atoms with E-state index in [2.05, 4.69) is 5.32 Å². The number of carbonyl (C=O) groups excluding carboxylic acids is 1. The highest BCUT2D eigenvalue weighted by Crippen LogP contribution is 2.38. The quantitative estimate of drug-likeness (QED) is 0.622. The Morgan fingerprint density at radius 1 is 1.58 bits per heavy atom. The summed E-state index contributed by atoms with van der Waals surface area (Å²) in [5.74, 6) is 0.497. The Balaban J connectivity index is 1.79. The minimum Gasteiger partial charge on any atom is -0.375 e. The largest absolute Gasteiger partial charge is 0.375 e. The summed E-state index contributed by atoms with van der Waals surface area (Å²) in [4.78, 5) is 10.4. The van der Waals surface area contributed by atoms with E-state index in [4.69, 9.17) is 10.5 Å². The van der Waals surface area contributed by atoms with Gasteiger partial charge in [-0.05, 0) is 19.3 Å². The second-order valence-electron chi connectivity index (χ2n) is 3.61. The predicted molar refractivity (Wildman–Crippen MR) is 43.6 cm³/mol. The van der Waals surface area contributed by atoms with Crippen molar-refractivity contribution in [2.75, 3.05) is 6.54 Å². The number of fused-ring (bicyclic) bond motifs is 2. The second kappa shape index (κ2) is 2.94. The molecule has 0 aromatic carbocycles. The highest BCUT2D eigenvalue weighted by atomic mass is 16.5. The van der Waals surface area contributed by atoms with Gasteiger partial charge < -0.3 is 15.8 Å². The van der Waals surface area contributed by atoms with Crippen LogP contribution in [-0.4, -0.2) is 24.8 Å². The zero-order valence-corrected chi connectivity index (χ0v) is 6.95. The van der Waals surface area contributed by atoms with E-state index in [0.717, 1.165) is 12.8 Å². The number of hydrogen-bond donors (Lipinski definition) is 2. The molecule has 3 atom stereocenters. The van der Waals surface area contributed by atoms with Crippen LogP contribution in [-0.2, 0) is 4.74 Å². The maximum atomic E-state index is 10.4. The molecule has 0 spiro atoms. The zero-order chi connectivity index (χ0) is 8.55. The van der Waals surface area contributed by atoms with Crippen LogP contribution in [0.5, 0.6) is 0 Å². The molecular formula is C8H14N2O2. The lowest BCUT2D eigenvalue weighted by Gasteiger charge is -2.17. The Morgan fingerprint density at radius 2 is 2.42 bits per heavy atom. The molecule has 2 aliphatic heterocycles. The van der Waals surface area contributed by atoms with Gasteiger partial charge in [0.25, 0.3) is 0 Å². The summed E-state index contributed by atoms with van der Waals surface area (Å²) in [7, 11) is 0. The van der Waals surface area contributed by atoms with E-state index in [-0.39, 0.29) is 0 Å². The minimum absolute atomic E-state index is 0.377. The molecule has 3 N–H and O–H groups in total. The van der Waals surface area contributed by atoms with Gasteiger partial charge in [-0.3, -0.25) is 0 Å². The lowest BCUT2D eigenvalue weighted by molar-refractivity contribution is 0.0928. The third-order valence-corrected chi connectivity index (χ3v) is 2.77. The highest BCUT2D eigenvalue weighted by molar-refractivity contribution is 5.71. The molecule has 2 bridgehead atoms. The van der Waals surface area contributed by atoms with Gasteiger partial charge in [-0.2, -0.15) is 0 Å². The number of nitrogens with two attached hydrogens (primary N) is 1. The van der Waals surface area contributed by atoms with Gasteiger partial charge in [0.1, 0.15) is 0 Å². The van der Waals surface area contributed by atoms with Crippen LogP contribution in [0.25, 0.3) is 0 Å². The molecule has 2 saturated heterocycles. The van der Waals surface area contributed by atoms with Crippen molar-refractivity contribution in [2.45, 2.75) is 31.5 Å². The molecule has 0 aromatic heterocycles. The van der Waals surface area contributed by atoms with Crippen molar-refractivity contribution >= 4 is 6.03 Å². The van der Waals surface area contributed by atoms with Gasteiger partial charge in [-0.15, -0.1) is 0 Å². The number of urea groups is 1. The van der Waals surface area contributed by atoms with E-state index in [1.165, 1.54) is 6.42 Å². The summed E-state index contributed by atoms with van der Waals surface area (Å²) >= 11 is 0. The van der Waals surface area contributed by atoms with Crippen molar-refractivity contribution in [1.29, 1.82) is 0 Å². The lowest BCUT2D eigenvalue weighted by atomic mass is 9.89. The van der Waals surface area contributed by atoms with E-state index in [0.29, 0.717) is 24.7 Å². The standard InChI is InChI=1S/C8H14N2O2/c9-8(11)10-4-5-3-6-1-2-7(5)12-6/h5-7H,1-4H2,(H3,9,10,11)/t5-,6-,7+/m1/s1. The first-order valence-corrected chi connectivity index (χ1v) is 4.44. The number of carbonyl (C=O) groups is 1. The van der Waals surface area contributed by atoms with Gasteiger partial charge in [0.2, 0.25) is 0 Å². The number of amides is 2. The van der Waals surface area contributed by atoms with Crippen LogP contribution < -0.4 is 11.1 Å². The summed E-state index contributed by atoms with van der Waals surface area (Å²) < 4.78 is 5.63. The number of hydrogen-bond acceptors (Lipinski definition) is 2. The third-order valence-electron chi connectivity index (χ3n) is 2.77. The van der Waals surface area contributed by atoms with Gasteiger partial charge >= 0.3 is 6.03 Å². The van der Waals surface area contributed by atoms with Gasteiger partial charge in [-0.25, -0.2) is 4.79 Å². The Morgan fingerprint density at radius 3 is 2.92 bits per heavy atom. The fourth-order valence-electron chi connectivity index (χ4n) is 2.19. The molecule has 0 aromatic rings. The van der Waals surface area contributed by atoms with E-state index >= 15 is 0 Å². The van der Waals surface area contributed by atoms with Gasteiger partial charge in [0.15, 0.2) is 0 Å². The van der Waals surface area contributed by atoms with Gasteiger partial charge in [0.05, 0.1) is 12.2 Å². The smallest absolute Gasteiger partial charge is 0.312 e. The molecule has 2 rings (SSSR count). The summed E-state index contributed by atoms with van der Waals surface area (Å²) in [6.45, 7) is 0.677. The predicted octanol–water partition coefficient (Wildman–Crippen LogP) is 0.222. The van der Waals surface area contributed by atoms with Crippen molar-refractivity contribution in [2.24, 2.45) is 11.7 Å². The van der Waals surface area contributed by atoms with Crippen LogP contribution in [0.4, 0.5) is 4.79 Å². The summed E-state index contributed by atoms with van der Waals surface area (Å²) in [5, 5.41) is 2.63. The maximum absolute atomic E-state index is 10.4. The molecule has 68 valence electrons. The van der Waals surface area contributed by atoms with Gasteiger partial charge in [0, 0.05) is 12.5 Å². The Kier molecular flexibility index (Phi) is 1.92. The summed E-state index contributed by atoms with van der Waals surface area (Å²) in [5.41, 5.74) is 4.98. The fourth-order valence-corrected chi connectivity index (χ4v) is 2.19. The molecule has 4 nitrogen and oxygen atoms in total. The van der Waals surface area contributed by atoms with E-state index in [1.807, 2.05) is 0 Å². The highest BCUT2D eigenvalue weighted by Gasteiger charge is 2.40. The third kappa shape index (κ3) is 1.39. The lowest BCUT2D eigenvalue weighted by Crippen LogP contribution is -2.36. The average Bonchev–Trinajstić information content (AvgIpc) is 2.60. The fraction of sp³-hybridized carbons (Fsp3) is 0.875. The van der Waals surface area contributed by atoms with E-state index in [9.17, 15) is 4.79 Å². The molecule has 12 heavy (non-hydrogen) atoms. The SMILES string of the molecule is NC(=O)NC[C@H]1C[C@H]2CC[C@@H]1O2. The molecule has 0 unspecified atom stereocenters. The van der Waals surface area contributed by atoms with Crippen LogP contribution in [0.3, 0.4) is 0 Å². The Hall–Kier alpha value is -0.770. The summed E-state index contributed by atoms with van der Waals surface area (Å²) in [6, 6.07) is -0.433. The van der Waals surface area contributed by atoms with E-state index in [1.54, 1.807) is 0 Å². The van der Waals surface area contributed by atoms with Gasteiger partial charge in [-0.1, -0.05) is 0 Å². The second-order valence-corrected chi connectivity index (χ2v) is 3.61. The van der Waals surface area contributed by atoms with Crippen LogP contribution in [0.1, 0.15) is 19.3 Å². The van der Waals surface area contributed by atoms with Crippen molar-refractivity contribution in [3.63, 3.8) is 0 Å². The molecule has 2 amide bonds. The van der Waals surface area contributed by atoms with E-state index < -0.39 is 6.03 Å². The molecule has 4 heteroatoms. The first-order chi connectivity index (χ1) is 5.75. The van der Waals surface area contributed by atoms with Crippen LogP contribution in [0.15, 0.2) is 0 Å². The monoisotopic (exact) mass is 170 g/mol. The Bertz CT molecular complexity index is 195. The first kappa shape index (κ1) is 7.86. The number of nitrogens with one attached hydrogen (secondary N) is 1. The van der Waals surface area contributed by atoms with Crippen LogP contribution in [0, 0.1) is 5.92 Å².